The zero-order valence-corrected chi connectivity index (χ0v) is 13.2. The molecule has 0 fully saturated rings. The Morgan fingerprint density at radius 3 is 2.71 bits per heavy atom. The van der Waals surface area contributed by atoms with Crippen molar-refractivity contribution in [2.45, 2.75) is 19.8 Å². The van der Waals surface area contributed by atoms with Gasteiger partial charge in [0.2, 0.25) is 15.9 Å². The molecule has 0 aliphatic carbocycles. The summed E-state index contributed by atoms with van der Waals surface area (Å²) in [6, 6.07) is 7.35. The maximum Gasteiger partial charge on any atom is 0.216 e. The minimum Gasteiger partial charge on any atom is -0.497 e. The van der Waals surface area contributed by atoms with E-state index in [4.69, 9.17) is 4.74 Å². The smallest absolute Gasteiger partial charge is 0.216 e. The zero-order valence-electron chi connectivity index (χ0n) is 12.4. The van der Waals surface area contributed by atoms with Crippen LogP contribution in [0, 0.1) is 0 Å². The molecule has 2 N–H and O–H groups in total. The molecule has 0 aromatic heterocycles. The number of amides is 1. The molecule has 0 atom stereocenters. The third-order valence-corrected chi connectivity index (χ3v) is 4.23. The van der Waals surface area contributed by atoms with E-state index >= 15 is 0 Å². The molecule has 6 nitrogen and oxygen atoms in total. The summed E-state index contributed by atoms with van der Waals surface area (Å²) in [5, 5.41) is 2.61. The molecule has 0 unspecified atom stereocenters. The van der Waals surface area contributed by atoms with Crippen LogP contribution in [0.4, 0.5) is 0 Å². The minimum atomic E-state index is -3.30. The monoisotopic (exact) mass is 314 g/mol. The average molecular weight is 314 g/mol. The molecular weight excluding hydrogens is 292 g/mol. The van der Waals surface area contributed by atoms with Gasteiger partial charge in [-0.05, 0) is 30.5 Å². The summed E-state index contributed by atoms with van der Waals surface area (Å²) in [4.78, 5) is 10.7. The minimum absolute atomic E-state index is 0.0281. The van der Waals surface area contributed by atoms with Crippen molar-refractivity contribution < 1.29 is 17.9 Å². The number of hydrogen-bond acceptors (Lipinski definition) is 4. The fourth-order valence-corrected chi connectivity index (χ4v) is 2.84. The van der Waals surface area contributed by atoms with Crippen molar-refractivity contribution in [2.75, 3.05) is 26.0 Å². The van der Waals surface area contributed by atoms with Gasteiger partial charge in [-0.15, -0.1) is 0 Å². The fourth-order valence-electron chi connectivity index (χ4n) is 1.73. The molecule has 0 radical (unpaired) electrons. The van der Waals surface area contributed by atoms with E-state index in [9.17, 15) is 13.2 Å². The van der Waals surface area contributed by atoms with E-state index in [-0.39, 0.29) is 11.7 Å². The van der Waals surface area contributed by atoms with Crippen molar-refractivity contribution in [1.82, 2.24) is 10.0 Å². The topological polar surface area (TPSA) is 84.5 Å². The van der Waals surface area contributed by atoms with Crippen LogP contribution in [0.5, 0.6) is 5.75 Å². The van der Waals surface area contributed by atoms with Crippen LogP contribution >= 0.6 is 0 Å². The lowest BCUT2D eigenvalue weighted by molar-refractivity contribution is -0.118. The summed E-state index contributed by atoms with van der Waals surface area (Å²) in [6.45, 7) is 2.22. The van der Waals surface area contributed by atoms with Crippen molar-refractivity contribution in [3.63, 3.8) is 0 Å². The molecule has 1 aromatic carbocycles. The van der Waals surface area contributed by atoms with Gasteiger partial charge in [0.1, 0.15) is 5.75 Å². The summed E-state index contributed by atoms with van der Waals surface area (Å²) < 4.78 is 31.3. The number of carbonyl (C=O) groups is 1. The second kappa shape index (κ2) is 8.63. The number of methoxy groups -OCH3 is 1. The second-order valence-electron chi connectivity index (χ2n) is 4.65. The van der Waals surface area contributed by atoms with Crippen molar-refractivity contribution in [3.8, 4) is 5.75 Å². The average Bonchev–Trinajstić information content (AvgIpc) is 2.45. The molecule has 21 heavy (non-hydrogen) atoms. The summed E-state index contributed by atoms with van der Waals surface area (Å²) >= 11 is 0. The number of hydrogen-bond donors (Lipinski definition) is 2. The quantitative estimate of drug-likeness (QED) is 0.657. The lowest BCUT2D eigenvalue weighted by Gasteiger charge is -2.08. The largest absolute Gasteiger partial charge is 0.497 e. The van der Waals surface area contributed by atoms with Gasteiger partial charge in [-0.25, -0.2) is 13.1 Å². The second-order valence-corrected chi connectivity index (χ2v) is 6.58. The van der Waals surface area contributed by atoms with Gasteiger partial charge in [-0.2, -0.15) is 0 Å². The number of aryl methyl sites for hydroxylation is 1. The van der Waals surface area contributed by atoms with E-state index < -0.39 is 10.0 Å². The van der Waals surface area contributed by atoms with Crippen LogP contribution in [-0.4, -0.2) is 40.3 Å². The van der Waals surface area contributed by atoms with Gasteiger partial charge in [0.15, 0.2) is 0 Å². The first-order chi connectivity index (χ1) is 9.93. The third kappa shape index (κ3) is 7.67. The predicted octanol–water partition coefficient (Wildman–Crippen LogP) is 0.683. The van der Waals surface area contributed by atoms with Crippen molar-refractivity contribution in [2.24, 2.45) is 0 Å². The molecule has 0 aliphatic heterocycles. The van der Waals surface area contributed by atoms with Crippen LogP contribution in [0.15, 0.2) is 24.3 Å². The third-order valence-electron chi connectivity index (χ3n) is 2.84. The highest BCUT2D eigenvalue weighted by Gasteiger charge is 2.10. The van der Waals surface area contributed by atoms with Crippen LogP contribution in [0.3, 0.4) is 0 Å². The molecule has 0 aliphatic rings. The van der Waals surface area contributed by atoms with Crippen molar-refractivity contribution in [3.05, 3.63) is 29.8 Å². The first-order valence-corrected chi connectivity index (χ1v) is 8.43. The van der Waals surface area contributed by atoms with Gasteiger partial charge in [-0.3, -0.25) is 4.79 Å². The maximum absolute atomic E-state index is 11.8. The van der Waals surface area contributed by atoms with E-state index in [1.807, 2.05) is 24.3 Å². The highest BCUT2D eigenvalue weighted by atomic mass is 32.2. The van der Waals surface area contributed by atoms with E-state index in [1.165, 1.54) is 6.92 Å². The van der Waals surface area contributed by atoms with Crippen LogP contribution in [0.25, 0.3) is 0 Å². The van der Waals surface area contributed by atoms with Gasteiger partial charge in [0, 0.05) is 20.0 Å². The van der Waals surface area contributed by atoms with Crippen molar-refractivity contribution in [1.29, 1.82) is 0 Å². The first kappa shape index (κ1) is 17.5. The summed E-state index contributed by atoms with van der Waals surface area (Å²) in [6.07, 6.45) is 0.996. The molecule has 7 heteroatoms. The fraction of sp³-hybridized carbons (Fsp3) is 0.500. The van der Waals surface area contributed by atoms with Crippen LogP contribution in [0.1, 0.15) is 18.9 Å². The number of ether oxygens (including phenoxy) is 1. The highest BCUT2D eigenvalue weighted by Crippen LogP contribution is 2.13. The van der Waals surface area contributed by atoms with Gasteiger partial charge < -0.3 is 10.1 Å². The Hall–Kier alpha value is -1.60. The Morgan fingerprint density at radius 2 is 2.05 bits per heavy atom. The highest BCUT2D eigenvalue weighted by molar-refractivity contribution is 7.89. The Morgan fingerprint density at radius 1 is 1.29 bits per heavy atom. The normalized spacial score (nSPS) is 11.1. The van der Waals surface area contributed by atoms with E-state index in [0.717, 1.165) is 5.56 Å². The first-order valence-electron chi connectivity index (χ1n) is 6.77. The number of sulfonamides is 1. The van der Waals surface area contributed by atoms with Gasteiger partial charge >= 0.3 is 0 Å². The van der Waals surface area contributed by atoms with Crippen molar-refractivity contribution >= 4 is 15.9 Å². The van der Waals surface area contributed by atoms with E-state index in [2.05, 4.69) is 10.0 Å². The SMILES string of the molecule is COc1cccc(CCS(=O)(=O)NCCCNC(C)=O)c1. The molecule has 1 aromatic rings. The zero-order chi connectivity index (χ0) is 15.7. The van der Waals surface area contributed by atoms with E-state index in [0.29, 0.717) is 31.7 Å². The molecule has 0 heterocycles. The molecule has 1 amide bonds. The summed E-state index contributed by atoms with van der Waals surface area (Å²) in [5.41, 5.74) is 0.915. The number of nitrogens with one attached hydrogen (secondary N) is 2. The number of rotatable bonds is 9. The van der Waals surface area contributed by atoms with Gasteiger partial charge in [0.25, 0.3) is 0 Å². The molecule has 0 saturated carbocycles. The maximum atomic E-state index is 11.8. The van der Waals surface area contributed by atoms with Gasteiger partial charge in [0.05, 0.1) is 12.9 Å². The predicted molar refractivity (Wildman–Crippen MR) is 81.8 cm³/mol. The van der Waals surface area contributed by atoms with Crippen LogP contribution < -0.4 is 14.8 Å². The van der Waals surface area contributed by atoms with E-state index in [1.54, 1.807) is 7.11 Å². The molecule has 1 rings (SSSR count). The molecule has 0 spiro atoms. The Balaban J connectivity index is 2.33. The summed E-state index contributed by atoms with van der Waals surface area (Å²) in [7, 11) is -1.73. The number of carbonyl (C=O) groups excluding carboxylic acids is 1. The molecule has 0 bridgehead atoms. The molecular formula is C14H22N2O4S. The summed E-state index contributed by atoms with van der Waals surface area (Å²) in [5.74, 6) is 0.629. The Labute approximate surface area is 125 Å². The van der Waals surface area contributed by atoms with Gasteiger partial charge in [-0.1, -0.05) is 12.1 Å². The van der Waals surface area contributed by atoms with Crippen LogP contribution in [0.2, 0.25) is 0 Å². The Kier molecular flexibility index (Phi) is 7.18. The lowest BCUT2D eigenvalue weighted by atomic mass is 10.2. The number of benzene rings is 1. The molecule has 0 saturated heterocycles. The molecule has 118 valence electrons. The standard InChI is InChI=1S/C14H22N2O4S/c1-12(17)15-8-4-9-16-21(18,19)10-7-13-5-3-6-14(11-13)20-2/h3,5-6,11,16H,4,7-10H2,1-2H3,(H,15,17). The lowest BCUT2D eigenvalue weighted by Crippen LogP contribution is -2.31. The van der Waals surface area contributed by atoms with Crippen LogP contribution in [-0.2, 0) is 21.2 Å². The Bertz CT molecular complexity index is 558.